The molecule has 0 bridgehead atoms. The molecule has 4 heteroatoms. The van der Waals surface area contributed by atoms with Crippen LogP contribution in [0.5, 0.6) is 0 Å². The topological polar surface area (TPSA) is 52.6 Å². The molecule has 0 aromatic heterocycles. The second-order valence-electron chi connectivity index (χ2n) is 3.29. The molecular formula is C12H14O4. The zero-order valence-corrected chi connectivity index (χ0v) is 9.36. The van der Waals surface area contributed by atoms with Crippen molar-refractivity contribution in [3.05, 3.63) is 35.4 Å². The lowest BCUT2D eigenvalue weighted by Gasteiger charge is -2.06. The first-order valence-electron chi connectivity index (χ1n) is 4.97. The smallest absolute Gasteiger partial charge is 0.338 e. The molecule has 1 rings (SSSR count). The van der Waals surface area contributed by atoms with Crippen LogP contribution in [-0.4, -0.2) is 25.2 Å². The molecule has 0 aliphatic rings. The summed E-state index contributed by atoms with van der Waals surface area (Å²) in [5.41, 5.74) is 1.39. The number of carbonyl (C=O) groups excluding carboxylic acids is 2. The molecule has 0 fully saturated rings. The van der Waals surface area contributed by atoms with Crippen molar-refractivity contribution >= 4 is 11.9 Å². The van der Waals surface area contributed by atoms with E-state index in [1.165, 1.54) is 6.92 Å². The van der Waals surface area contributed by atoms with Crippen molar-refractivity contribution in [2.24, 2.45) is 0 Å². The summed E-state index contributed by atoms with van der Waals surface area (Å²) in [5.74, 6) is -0.780. The zero-order valence-electron chi connectivity index (χ0n) is 9.36. The number of benzene rings is 1. The molecule has 0 saturated carbocycles. The van der Waals surface area contributed by atoms with Crippen LogP contribution < -0.4 is 0 Å². The third kappa shape index (κ3) is 3.73. The van der Waals surface area contributed by atoms with Crippen LogP contribution in [0.3, 0.4) is 0 Å². The van der Waals surface area contributed by atoms with Gasteiger partial charge in [0.15, 0.2) is 0 Å². The molecule has 16 heavy (non-hydrogen) atoms. The molecule has 86 valence electrons. The maximum Gasteiger partial charge on any atom is 0.338 e. The molecule has 0 radical (unpaired) electrons. The van der Waals surface area contributed by atoms with Crippen LogP contribution in [0.15, 0.2) is 24.3 Å². The van der Waals surface area contributed by atoms with E-state index in [1.54, 1.807) is 12.1 Å². The molecule has 0 aliphatic heterocycles. The lowest BCUT2D eigenvalue weighted by Crippen LogP contribution is -2.13. The van der Waals surface area contributed by atoms with E-state index in [4.69, 9.17) is 4.74 Å². The molecule has 0 heterocycles. The lowest BCUT2D eigenvalue weighted by atomic mass is 10.1. The Kier molecular flexibility index (Phi) is 4.51. The van der Waals surface area contributed by atoms with E-state index < -0.39 is 5.97 Å². The van der Waals surface area contributed by atoms with Gasteiger partial charge in [0.1, 0.15) is 13.2 Å². The predicted molar refractivity (Wildman–Crippen MR) is 58.1 cm³/mol. The van der Waals surface area contributed by atoms with Gasteiger partial charge in [0.25, 0.3) is 0 Å². The summed E-state index contributed by atoms with van der Waals surface area (Å²) in [4.78, 5) is 22.0. The van der Waals surface area contributed by atoms with Crippen molar-refractivity contribution in [3.8, 4) is 0 Å². The van der Waals surface area contributed by atoms with Crippen LogP contribution in [0.4, 0.5) is 0 Å². The fraction of sp³-hybridized carbons (Fsp3) is 0.333. The SMILES string of the molecule is CC(=O)OCCOC(=O)c1ccccc1C. The van der Waals surface area contributed by atoms with Gasteiger partial charge >= 0.3 is 11.9 Å². The first-order chi connectivity index (χ1) is 7.61. The summed E-state index contributed by atoms with van der Waals surface area (Å²) in [6.45, 7) is 3.31. The fourth-order valence-electron chi connectivity index (χ4n) is 1.20. The minimum absolute atomic E-state index is 0.0761. The van der Waals surface area contributed by atoms with E-state index in [2.05, 4.69) is 4.74 Å². The van der Waals surface area contributed by atoms with Crippen LogP contribution in [-0.2, 0) is 14.3 Å². The molecule has 0 N–H and O–H groups in total. The predicted octanol–water partition coefficient (Wildman–Crippen LogP) is 1.71. The van der Waals surface area contributed by atoms with Crippen LogP contribution in [0.2, 0.25) is 0 Å². The van der Waals surface area contributed by atoms with Gasteiger partial charge in [0.05, 0.1) is 5.56 Å². The summed E-state index contributed by atoms with van der Waals surface area (Å²) in [6, 6.07) is 7.16. The number of rotatable bonds is 4. The number of hydrogen-bond acceptors (Lipinski definition) is 4. The van der Waals surface area contributed by atoms with Gasteiger partial charge in [-0.05, 0) is 18.6 Å². The largest absolute Gasteiger partial charge is 0.462 e. The van der Waals surface area contributed by atoms with Crippen LogP contribution >= 0.6 is 0 Å². The Labute approximate surface area is 94.2 Å². The molecule has 0 amide bonds. The molecule has 4 nitrogen and oxygen atoms in total. The van der Waals surface area contributed by atoms with Gasteiger partial charge in [-0.3, -0.25) is 4.79 Å². The number of carbonyl (C=O) groups is 2. The van der Waals surface area contributed by atoms with Gasteiger partial charge in [-0.25, -0.2) is 4.79 Å². The van der Waals surface area contributed by atoms with E-state index in [1.807, 2.05) is 19.1 Å². The molecule has 1 aromatic carbocycles. The van der Waals surface area contributed by atoms with Gasteiger partial charge in [-0.15, -0.1) is 0 Å². The van der Waals surface area contributed by atoms with Crippen molar-refractivity contribution in [1.29, 1.82) is 0 Å². The Balaban J connectivity index is 2.41. The first kappa shape index (κ1) is 12.2. The Hall–Kier alpha value is -1.84. The molecule has 0 atom stereocenters. The van der Waals surface area contributed by atoms with Crippen molar-refractivity contribution in [2.75, 3.05) is 13.2 Å². The van der Waals surface area contributed by atoms with Crippen molar-refractivity contribution in [2.45, 2.75) is 13.8 Å². The second-order valence-corrected chi connectivity index (χ2v) is 3.29. The fourth-order valence-corrected chi connectivity index (χ4v) is 1.20. The second kappa shape index (κ2) is 5.90. The number of hydrogen-bond donors (Lipinski definition) is 0. The summed E-state index contributed by atoms with van der Waals surface area (Å²) in [6.07, 6.45) is 0. The summed E-state index contributed by atoms with van der Waals surface area (Å²) in [7, 11) is 0. The van der Waals surface area contributed by atoms with Crippen molar-refractivity contribution in [1.82, 2.24) is 0 Å². The van der Waals surface area contributed by atoms with E-state index in [9.17, 15) is 9.59 Å². The summed E-state index contributed by atoms with van der Waals surface area (Å²) < 4.78 is 9.59. The molecule has 0 aliphatic carbocycles. The van der Waals surface area contributed by atoms with Gasteiger partial charge in [-0.2, -0.15) is 0 Å². The maximum absolute atomic E-state index is 11.5. The highest BCUT2D eigenvalue weighted by Crippen LogP contribution is 2.08. The van der Waals surface area contributed by atoms with Gasteiger partial charge < -0.3 is 9.47 Å². The van der Waals surface area contributed by atoms with E-state index in [0.717, 1.165) is 5.56 Å². The van der Waals surface area contributed by atoms with E-state index in [-0.39, 0.29) is 19.2 Å². The number of ether oxygens (including phenoxy) is 2. The number of aryl methyl sites for hydroxylation is 1. The Bertz CT molecular complexity index is 384. The Morgan fingerprint density at radius 2 is 1.75 bits per heavy atom. The Morgan fingerprint density at radius 3 is 2.38 bits per heavy atom. The molecular weight excluding hydrogens is 208 g/mol. The quantitative estimate of drug-likeness (QED) is 0.575. The molecule has 0 spiro atoms. The summed E-state index contributed by atoms with van der Waals surface area (Å²) >= 11 is 0. The lowest BCUT2D eigenvalue weighted by molar-refractivity contribution is -0.142. The molecule has 0 unspecified atom stereocenters. The Morgan fingerprint density at radius 1 is 1.12 bits per heavy atom. The normalized spacial score (nSPS) is 9.62. The van der Waals surface area contributed by atoms with Gasteiger partial charge in [0, 0.05) is 6.92 Å². The molecule has 0 saturated heterocycles. The molecule has 1 aromatic rings. The zero-order chi connectivity index (χ0) is 12.0. The van der Waals surface area contributed by atoms with Crippen molar-refractivity contribution < 1.29 is 19.1 Å². The first-order valence-corrected chi connectivity index (χ1v) is 4.97. The van der Waals surface area contributed by atoms with E-state index >= 15 is 0 Å². The van der Waals surface area contributed by atoms with E-state index in [0.29, 0.717) is 5.56 Å². The minimum Gasteiger partial charge on any atom is -0.462 e. The minimum atomic E-state index is -0.398. The third-order valence-electron chi connectivity index (χ3n) is 1.99. The maximum atomic E-state index is 11.5. The standard InChI is InChI=1S/C12H14O4/c1-9-5-3-4-6-11(9)12(14)16-8-7-15-10(2)13/h3-6H,7-8H2,1-2H3. The van der Waals surface area contributed by atoms with Crippen molar-refractivity contribution in [3.63, 3.8) is 0 Å². The van der Waals surface area contributed by atoms with Crippen LogP contribution in [0.1, 0.15) is 22.8 Å². The highest BCUT2D eigenvalue weighted by atomic mass is 16.6. The highest BCUT2D eigenvalue weighted by Gasteiger charge is 2.09. The van der Waals surface area contributed by atoms with Gasteiger partial charge in [-0.1, -0.05) is 18.2 Å². The van der Waals surface area contributed by atoms with Crippen LogP contribution in [0, 0.1) is 6.92 Å². The third-order valence-corrected chi connectivity index (χ3v) is 1.99. The number of esters is 2. The van der Waals surface area contributed by atoms with Crippen LogP contribution in [0.25, 0.3) is 0 Å². The summed E-state index contributed by atoms with van der Waals surface area (Å²) in [5, 5.41) is 0. The average molecular weight is 222 g/mol. The van der Waals surface area contributed by atoms with Gasteiger partial charge in [0.2, 0.25) is 0 Å². The average Bonchev–Trinajstić information content (AvgIpc) is 2.24. The monoisotopic (exact) mass is 222 g/mol. The highest BCUT2D eigenvalue weighted by molar-refractivity contribution is 5.90.